The summed E-state index contributed by atoms with van der Waals surface area (Å²) in [6, 6.07) is 11.9. The Morgan fingerprint density at radius 1 is 0.700 bits per heavy atom. The summed E-state index contributed by atoms with van der Waals surface area (Å²) >= 11 is 6.85. The van der Waals surface area contributed by atoms with E-state index in [4.69, 9.17) is 14.2 Å². The van der Waals surface area contributed by atoms with E-state index >= 15 is 0 Å². The van der Waals surface area contributed by atoms with Crippen LogP contribution < -0.4 is 4.90 Å². The lowest BCUT2D eigenvalue weighted by atomic mass is 10.2. The molecule has 2 aromatic carbocycles. The van der Waals surface area contributed by atoms with Crippen LogP contribution >= 0.6 is 31.9 Å². The number of anilines is 1. The Balaban J connectivity index is 0.000000389. The molecule has 0 aliphatic carbocycles. The number of ether oxygens (including phenoxy) is 4. The highest BCUT2D eigenvalue weighted by Gasteiger charge is 2.24. The smallest absolute Gasteiger partial charge is 0.442 e. The van der Waals surface area contributed by atoms with Crippen molar-refractivity contribution in [1.29, 1.82) is 0 Å². The van der Waals surface area contributed by atoms with Crippen LogP contribution in [0, 0.1) is 13.8 Å². The van der Waals surface area contributed by atoms with Crippen molar-refractivity contribution in [3.63, 3.8) is 0 Å². The zero-order chi connectivity index (χ0) is 46.0. The van der Waals surface area contributed by atoms with Crippen LogP contribution in [0.5, 0.6) is 0 Å². The fraction of sp³-hybridized carbons (Fsp3) is 0.500. The van der Waals surface area contributed by atoms with E-state index in [0.717, 1.165) is 36.3 Å². The fourth-order valence-electron chi connectivity index (χ4n) is 4.88. The predicted octanol–water partition coefficient (Wildman–Crippen LogP) is 11.9. The Kier molecular flexibility index (Phi) is 22.0. The number of halogens is 2. The molecule has 60 heavy (non-hydrogen) atoms. The van der Waals surface area contributed by atoms with Crippen molar-refractivity contribution >= 4 is 77.8 Å². The number of H-pyrrole nitrogens is 1. The number of nitrogens with zero attached hydrogens (tertiary/aromatic N) is 6. The van der Waals surface area contributed by atoms with E-state index in [0.29, 0.717) is 0 Å². The number of carbonyl (C=O) groups excluding carboxylic acids is 3. The van der Waals surface area contributed by atoms with E-state index < -0.39 is 35.2 Å². The lowest BCUT2D eigenvalue weighted by molar-refractivity contribution is -0.0294. The molecular weight excluding hydrogens is 898 g/mol. The number of hydrogen-bond donors (Lipinski definition) is 1. The molecule has 0 fully saturated rings. The first-order chi connectivity index (χ1) is 27.7. The van der Waals surface area contributed by atoms with Crippen LogP contribution in [-0.4, -0.2) is 98.8 Å². The number of nitrogens with one attached hydrogen (secondary N) is 1. The second kappa shape index (κ2) is 24.7. The van der Waals surface area contributed by atoms with E-state index in [9.17, 15) is 14.4 Å². The molecule has 0 aliphatic rings. The highest BCUT2D eigenvalue weighted by Crippen LogP contribution is 2.25. The van der Waals surface area contributed by atoms with Gasteiger partial charge < -0.3 is 28.7 Å². The van der Waals surface area contributed by atoms with Crippen molar-refractivity contribution in [3.05, 3.63) is 81.3 Å². The van der Waals surface area contributed by atoms with Gasteiger partial charge in [-0.15, -0.1) is 0 Å². The number of aromatic amines is 1. The lowest BCUT2D eigenvalue weighted by Gasteiger charge is -2.20. The molecule has 332 valence electrons. The van der Waals surface area contributed by atoms with Gasteiger partial charge in [-0.25, -0.2) is 14.4 Å². The Morgan fingerprint density at radius 2 is 1.17 bits per heavy atom. The number of hydrogen-bond acceptors (Lipinski definition) is 12. The monoisotopic (exact) mass is 961 g/mol. The van der Waals surface area contributed by atoms with Gasteiger partial charge in [0.2, 0.25) is 0 Å². The molecule has 14 nitrogen and oxygen atoms in total. The SMILES string of the molecule is CC(C)(C)OC(=O)OC(=O)OC(C)(C)C.CCN(CC)CC.CN(C)c1ccncc1.Cc1cc(Br)cc2cn[nH]c12.Cc1cc(Br)cc2cnn(C(=O)OC(C)(C)C)c12. The van der Waals surface area contributed by atoms with Crippen LogP contribution in [0.15, 0.2) is 70.1 Å². The molecule has 0 saturated carbocycles. The van der Waals surface area contributed by atoms with Gasteiger partial charge in [0.15, 0.2) is 0 Å². The minimum Gasteiger partial charge on any atom is -0.442 e. The molecule has 0 radical (unpaired) electrons. The van der Waals surface area contributed by atoms with E-state index in [1.165, 1.54) is 35.6 Å². The molecule has 3 aromatic heterocycles. The number of rotatable bonds is 4. The van der Waals surface area contributed by atoms with E-state index in [1.54, 1.807) is 60.1 Å². The lowest BCUT2D eigenvalue weighted by Crippen LogP contribution is -2.29. The average molecular weight is 964 g/mol. The van der Waals surface area contributed by atoms with Gasteiger partial charge in [-0.3, -0.25) is 10.1 Å². The molecule has 5 rings (SSSR count). The Hall–Kier alpha value is -4.54. The van der Waals surface area contributed by atoms with Crippen molar-refractivity contribution in [2.75, 3.05) is 38.6 Å². The summed E-state index contributed by atoms with van der Waals surface area (Å²) in [5, 5.41) is 13.1. The van der Waals surface area contributed by atoms with Gasteiger partial charge in [-0.1, -0.05) is 52.6 Å². The number of aryl methyl sites for hydroxylation is 2. The molecule has 16 heteroatoms. The minimum atomic E-state index is -1.06. The maximum Gasteiger partial charge on any atom is 0.519 e. The highest BCUT2D eigenvalue weighted by atomic mass is 79.9. The van der Waals surface area contributed by atoms with Gasteiger partial charge in [-0.05, 0) is 143 Å². The average Bonchev–Trinajstić information content (AvgIpc) is 3.76. The van der Waals surface area contributed by atoms with Crippen molar-refractivity contribution in [2.45, 2.75) is 114 Å². The van der Waals surface area contributed by atoms with E-state index in [2.05, 4.69) is 95.5 Å². The van der Waals surface area contributed by atoms with Crippen molar-refractivity contribution < 1.29 is 33.3 Å². The first kappa shape index (κ1) is 53.5. The summed E-state index contributed by atoms with van der Waals surface area (Å²) in [6.45, 7) is 29.6. The normalized spacial score (nSPS) is 11.1. The van der Waals surface area contributed by atoms with Crippen LogP contribution in [0.25, 0.3) is 21.8 Å². The standard InChI is InChI=1S/C13H15BrN2O2.C10H18O5.C8H7BrN2.C7H10N2.C6H15N/c1-8-5-10(14)6-9-7-15-16(11(8)9)12(17)18-13(2,3)4;1-9(2,3)14-7(11)13-8(12)15-10(4,5)6;1-5-2-7(9)3-6-4-10-11-8(5)6;1-9(2)7-3-5-8-6-4-7;1-4-7(5-2)6-3/h5-7H,1-4H3;1-6H3;2-4H,1H3,(H,10,11);3-6H,1-2H3;4-6H2,1-3H3. The van der Waals surface area contributed by atoms with Crippen molar-refractivity contribution in [3.8, 4) is 0 Å². The molecule has 0 aliphatic heterocycles. The molecule has 0 unspecified atom stereocenters. The summed E-state index contributed by atoms with van der Waals surface area (Å²) in [5.41, 5.74) is 3.36. The number of carbonyl (C=O) groups is 3. The van der Waals surface area contributed by atoms with Gasteiger partial charge in [0.1, 0.15) is 16.8 Å². The third-order valence-electron chi connectivity index (χ3n) is 7.56. The Bertz CT molecular complexity index is 2050. The maximum absolute atomic E-state index is 12.0. The summed E-state index contributed by atoms with van der Waals surface area (Å²) in [5.74, 6) is 0. The van der Waals surface area contributed by atoms with E-state index in [-0.39, 0.29) is 0 Å². The fourth-order valence-corrected chi connectivity index (χ4v) is 6.06. The first-order valence-corrected chi connectivity index (χ1v) is 21.2. The second-order valence-corrected chi connectivity index (χ2v) is 18.3. The zero-order valence-electron chi connectivity index (χ0n) is 38.2. The van der Waals surface area contributed by atoms with Crippen LogP contribution in [0.1, 0.15) is 94.2 Å². The largest absolute Gasteiger partial charge is 0.519 e. The molecule has 5 aromatic rings. The molecular formula is C44H65Br2N7O7. The first-order valence-electron chi connectivity index (χ1n) is 19.6. The number of aromatic nitrogens is 5. The van der Waals surface area contributed by atoms with Gasteiger partial charge >= 0.3 is 18.4 Å². The summed E-state index contributed by atoms with van der Waals surface area (Å²) in [6.07, 6.45) is 4.49. The molecule has 0 amide bonds. The molecule has 3 heterocycles. The third kappa shape index (κ3) is 21.1. The van der Waals surface area contributed by atoms with Gasteiger partial charge in [0.05, 0.1) is 23.4 Å². The van der Waals surface area contributed by atoms with Crippen LogP contribution in [-0.2, 0) is 18.9 Å². The summed E-state index contributed by atoms with van der Waals surface area (Å²) in [7, 11) is 4.02. The number of pyridine rings is 1. The summed E-state index contributed by atoms with van der Waals surface area (Å²) in [4.78, 5) is 42.4. The Labute approximate surface area is 372 Å². The molecule has 1 N–H and O–H groups in total. The molecule has 0 bridgehead atoms. The van der Waals surface area contributed by atoms with Gasteiger partial charge in [-0.2, -0.15) is 14.9 Å². The van der Waals surface area contributed by atoms with Crippen LogP contribution in [0.2, 0.25) is 0 Å². The second-order valence-electron chi connectivity index (χ2n) is 16.5. The number of fused-ring (bicyclic) bond motifs is 2. The summed E-state index contributed by atoms with van der Waals surface area (Å²) < 4.78 is 22.5. The van der Waals surface area contributed by atoms with Crippen LogP contribution in [0.3, 0.4) is 0 Å². The van der Waals surface area contributed by atoms with Gasteiger partial charge in [0, 0.05) is 51.9 Å². The van der Waals surface area contributed by atoms with Crippen LogP contribution in [0.4, 0.5) is 20.1 Å². The minimum absolute atomic E-state index is 0.456. The number of benzene rings is 2. The quantitative estimate of drug-likeness (QED) is 0.104. The third-order valence-corrected chi connectivity index (χ3v) is 8.48. The zero-order valence-corrected chi connectivity index (χ0v) is 41.4. The van der Waals surface area contributed by atoms with Gasteiger partial charge in [0.25, 0.3) is 0 Å². The molecule has 0 spiro atoms. The maximum atomic E-state index is 12.0. The van der Waals surface area contributed by atoms with Crippen molar-refractivity contribution in [2.24, 2.45) is 0 Å². The molecule has 0 saturated heterocycles. The highest BCUT2D eigenvalue weighted by molar-refractivity contribution is 9.10. The predicted molar refractivity (Wildman–Crippen MR) is 248 cm³/mol. The molecule has 0 atom stereocenters. The van der Waals surface area contributed by atoms with E-state index in [1.807, 2.05) is 83.2 Å². The Morgan fingerprint density at radius 3 is 1.58 bits per heavy atom. The van der Waals surface area contributed by atoms with Crippen molar-refractivity contribution in [1.82, 2.24) is 29.9 Å². The topological polar surface area (TPSA) is 154 Å².